The second kappa shape index (κ2) is 9.56. The van der Waals surface area contributed by atoms with E-state index in [4.69, 9.17) is 11.6 Å². The highest BCUT2D eigenvalue weighted by atomic mass is 35.5. The van der Waals surface area contributed by atoms with Gasteiger partial charge in [-0.1, -0.05) is 53.6 Å². The molecular formula is C22H27ClN2O2. The molecule has 2 rings (SSSR count). The third-order valence-corrected chi connectivity index (χ3v) is 4.59. The van der Waals surface area contributed by atoms with Crippen LogP contribution in [0.5, 0.6) is 0 Å². The van der Waals surface area contributed by atoms with Crippen molar-refractivity contribution in [3.8, 4) is 0 Å². The Morgan fingerprint density at radius 3 is 2.07 bits per heavy atom. The van der Waals surface area contributed by atoms with Gasteiger partial charge >= 0.3 is 0 Å². The molecule has 27 heavy (non-hydrogen) atoms. The zero-order valence-electron chi connectivity index (χ0n) is 16.3. The lowest BCUT2D eigenvalue weighted by molar-refractivity contribution is -0.140. The van der Waals surface area contributed by atoms with Crippen molar-refractivity contribution < 1.29 is 9.59 Å². The maximum absolute atomic E-state index is 13.0. The summed E-state index contributed by atoms with van der Waals surface area (Å²) in [4.78, 5) is 27.2. The Hall–Kier alpha value is -2.33. The minimum atomic E-state index is -0.568. The van der Waals surface area contributed by atoms with E-state index in [0.717, 1.165) is 16.7 Å². The van der Waals surface area contributed by atoms with E-state index in [9.17, 15) is 9.59 Å². The van der Waals surface area contributed by atoms with Crippen LogP contribution < -0.4 is 5.32 Å². The third kappa shape index (κ3) is 6.40. The Balaban J connectivity index is 2.21. The Morgan fingerprint density at radius 1 is 0.963 bits per heavy atom. The topological polar surface area (TPSA) is 49.4 Å². The zero-order valence-corrected chi connectivity index (χ0v) is 17.1. The summed E-state index contributed by atoms with van der Waals surface area (Å²) in [5.74, 6) is -0.239. The normalized spacial score (nSPS) is 11.9. The molecule has 0 saturated carbocycles. The minimum Gasteiger partial charge on any atom is -0.352 e. The number of nitrogens with one attached hydrogen (secondary N) is 1. The van der Waals surface area contributed by atoms with E-state index >= 15 is 0 Å². The first-order chi connectivity index (χ1) is 12.8. The van der Waals surface area contributed by atoms with Crippen LogP contribution in [0, 0.1) is 6.92 Å². The summed E-state index contributed by atoms with van der Waals surface area (Å²) in [6, 6.07) is 14.7. The molecule has 0 unspecified atom stereocenters. The van der Waals surface area contributed by atoms with Crippen molar-refractivity contribution in [2.75, 3.05) is 0 Å². The summed E-state index contributed by atoms with van der Waals surface area (Å²) in [7, 11) is 0. The lowest BCUT2D eigenvalue weighted by Crippen LogP contribution is -2.49. The number of amides is 2. The van der Waals surface area contributed by atoms with Gasteiger partial charge in [-0.15, -0.1) is 0 Å². The molecule has 0 radical (unpaired) electrons. The van der Waals surface area contributed by atoms with Gasteiger partial charge in [0.2, 0.25) is 11.8 Å². The first kappa shape index (κ1) is 21.0. The maximum Gasteiger partial charge on any atom is 0.242 e. The van der Waals surface area contributed by atoms with Crippen LogP contribution in [0.3, 0.4) is 0 Å². The number of halogens is 1. The maximum atomic E-state index is 13.0. The molecule has 0 aliphatic rings. The fraction of sp³-hybridized carbons (Fsp3) is 0.364. The number of hydrogen-bond donors (Lipinski definition) is 1. The Kier molecular flexibility index (Phi) is 7.43. The van der Waals surface area contributed by atoms with E-state index in [0.29, 0.717) is 11.6 Å². The highest BCUT2D eigenvalue weighted by molar-refractivity contribution is 6.30. The molecule has 144 valence electrons. The van der Waals surface area contributed by atoms with E-state index in [1.165, 1.54) is 0 Å². The van der Waals surface area contributed by atoms with Gasteiger partial charge in [-0.05, 0) is 51.0 Å². The average Bonchev–Trinajstić information content (AvgIpc) is 2.62. The molecule has 1 atom stereocenters. The van der Waals surface area contributed by atoms with Gasteiger partial charge < -0.3 is 10.2 Å². The fourth-order valence-electron chi connectivity index (χ4n) is 2.76. The number of benzene rings is 2. The molecule has 4 nitrogen and oxygen atoms in total. The predicted octanol–water partition coefficient (Wildman–Crippen LogP) is 4.13. The van der Waals surface area contributed by atoms with Gasteiger partial charge in [-0.25, -0.2) is 0 Å². The number of carbonyl (C=O) groups excluding carboxylic acids is 2. The quantitative estimate of drug-likeness (QED) is 0.777. The lowest BCUT2D eigenvalue weighted by atomic mass is 10.1. The molecule has 0 heterocycles. The van der Waals surface area contributed by atoms with Crippen molar-refractivity contribution in [1.29, 1.82) is 0 Å². The van der Waals surface area contributed by atoms with Gasteiger partial charge in [0.15, 0.2) is 0 Å². The first-order valence-corrected chi connectivity index (χ1v) is 9.54. The van der Waals surface area contributed by atoms with Crippen molar-refractivity contribution in [3.63, 3.8) is 0 Å². The van der Waals surface area contributed by atoms with Crippen LogP contribution in [0.2, 0.25) is 5.02 Å². The smallest absolute Gasteiger partial charge is 0.242 e. The molecule has 0 spiro atoms. The van der Waals surface area contributed by atoms with E-state index in [2.05, 4.69) is 5.32 Å². The molecular weight excluding hydrogens is 360 g/mol. The second-order valence-electron chi connectivity index (χ2n) is 7.15. The predicted molar refractivity (Wildman–Crippen MR) is 110 cm³/mol. The molecule has 0 fully saturated rings. The SMILES string of the molecule is Cc1ccc(CC(=O)N(Cc2ccc(Cl)cc2)[C@@H](C)C(=O)NC(C)C)cc1. The van der Waals surface area contributed by atoms with Gasteiger partial charge in [0.1, 0.15) is 6.04 Å². The molecule has 0 aromatic heterocycles. The van der Waals surface area contributed by atoms with Gasteiger partial charge in [-0.2, -0.15) is 0 Å². The summed E-state index contributed by atoms with van der Waals surface area (Å²) in [5.41, 5.74) is 3.01. The van der Waals surface area contributed by atoms with E-state index in [-0.39, 0.29) is 24.3 Å². The van der Waals surface area contributed by atoms with Gasteiger partial charge in [0, 0.05) is 17.6 Å². The first-order valence-electron chi connectivity index (χ1n) is 9.16. The largest absolute Gasteiger partial charge is 0.352 e. The molecule has 2 amide bonds. The van der Waals surface area contributed by atoms with Crippen molar-refractivity contribution in [2.24, 2.45) is 0 Å². The van der Waals surface area contributed by atoms with Crippen LogP contribution in [0.1, 0.15) is 37.5 Å². The molecule has 2 aromatic rings. The van der Waals surface area contributed by atoms with E-state index in [1.54, 1.807) is 24.0 Å². The number of hydrogen-bond acceptors (Lipinski definition) is 2. The standard InChI is InChI=1S/C22H27ClN2O2/c1-15(2)24-22(27)17(4)25(14-19-9-11-20(23)12-10-19)21(26)13-18-7-5-16(3)6-8-18/h5-12,15,17H,13-14H2,1-4H3,(H,24,27)/t17-/m0/s1. The van der Waals surface area contributed by atoms with Crippen molar-refractivity contribution in [1.82, 2.24) is 10.2 Å². The summed E-state index contributed by atoms with van der Waals surface area (Å²) < 4.78 is 0. The van der Waals surface area contributed by atoms with Crippen LogP contribution in [-0.2, 0) is 22.6 Å². The summed E-state index contributed by atoms with van der Waals surface area (Å²) in [6.07, 6.45) is 0.257. The molecule has 0 bridgehead atoms. The van der Waals surface area contributed by atoms with Crippen molar-refractivity contribution in [2.45, 2.75) is 52.7 Å². The monoisotopic (exact) mass is 386 g/mol. The van der Waals surface area contributed by atoms with Crippen LogP contribution in [-0.4, -0.2) is 28.8 Å². The summed E-state index contributed by atoms with van der Waals surface area (Å²) >= 11 is 5.96. The second-order valence-corrected chi connectivity index (χ2v) is 7.59. The molecule has 0 saturated heterocycles. The molecule has 1 N–H and O–H groups in total. The fourth-order valence-corrected chi connectivity index (χ4v) is 2.88. The van der Waals surface area contributed by atoms with Crippen molar-refractivity contribution in [3.05, 3.63) is 70.2 Å². The highest BCUT2D eigenvalue weighted by Gasteiger charge is 2.26. The van der Waals surface area contributed by atoms with E-state index < -0.39 is 6.04 Å². The molecule has 0 aliphatic heterocycles. The van der Waals surface area contributed by atoms with Crippen molar-refractivity contribution >= 4 is 23.4 Å². The van der Waals surface area contributed by atoms with Gasteiger partial charge in [0.25, 0.3) is 0 Å². The molecule has 2 aromatic carbocycles. The Bertz CT molecular complexity index is 770. The zero-order chi connectivity index (χ0) is 20.0. The van der Waals surface area contributed by atoms with Crippen LogP contribution in [0.25, 0.3) is 0 Å². The lowest BCUT2D eigenvalue weighted by Gasteiger charge is -2.29. The molecule has 0 aliphatic carbocycles. The number of aryl methyl sites for hydroxylation is 1. The van der Waals surface area contributed by atoms with Crippen LogP contribution in [0.15, 0.2) is 48.5 Å². The average molecular weight is 387 g/mol. The number of nitrogens with zero attached hydrogens (tertiary/aromatic N) is 1. The molecule has 5 heteroatoms. The van der Waals surface area contributed by atoms with Crippen LogP contribution in [0.4, 0.5) is 0 Å². The summed E-state index contributed by atoms with van der Waals surface area (Å²) in [6.45, 7) is 7.94. The number of carbonyl (C=O) groups is 2. The van der Waals surface area contributed by atoms with Gasteiger partial charge in [0.05, 0.1) is 6.42 Å². The third-order valence-electron chi connectivity index (χ3n) is 4.34. The Labute approximate surface area is 166 Å². The Morgan fingerprint density at radius 2 is 1.52 bits per heavy atom. The number of rotatable bonds is 7. The summed E-state index contributed by atoms with van der Waals surface area (Å²) in [5, 5.41) is 3.53. The minimum absolute atomic E-state index is 0.0181. The van der Waals surface area contributed by atoms with E-state index in [1.807, 2.05) is 57.2 Å². The highest BCUT2D eigenvalue weighted by Crippen LogP contribution is 2.15. The van der Waals surface area contributed by atoms with Crippen LogP contribution >= 0.6 is 11.6 Å². The van der Waals surface area contributed by atoms with Gasteiger partial charge in [-0.3, -0.25) is 9.59 Å².